The van der Waals surface area contributed by atoms with E-state index in [-0.39, 0.29) is 21.7 Å². The Morgan fingerprint density at radius 2 is 1.00 bits per heavy atom. The molecule has 0 unspecified atom stereocenters. The quantitative estimate of drug-likeness (QED) is 0.342. The predicted octanol–water partition coefficient (Wildman–Crippen LogP) is 3.04. The maximum Gasteiger partial charge on any atom is 0.410 e. The molecule has 0 saturated heterocycles. The van der Waals surface area contributed by atoms with Crippen LogP contribution in [0.1, 0.15) is 59.3 Å². The molecule has 0 aromatic heterocycles. The molecule has 0 atom stereocenters. The first-order chi connectivity index (χ1) is 8.18. The minimum absolute atomic E-state index is 0. The molecule has 0 fully saturated rings. The van der Waals surface area contributed by atoms with Crippen LogP contribution in [0, 0.1) is 0 Å². The van der Waals surface area contributed by atoms with Crippen LogP contribution in [0.4, 0.5) is 0 Å². The molecule has 108 valence electrons. The van der Waals surface area contributed by atoms with E-state index in [9.17, 15) is 5.11 Å². The van der Waals surface area contributed by atoms with Gasteiger partial charge in [0.05, 0.1) is 19.8 Å². The van der Waals surface area contributed by atoms with E-state index >= 15 is 0 Å². The van der Waals surface area contributed by atoms with Gasteiger partial charge >= 0.3 is 6.16 Å². The van der Waals surface area contributed by atoms with Crippen molar-refractivity contribution in [2.24, 2.45) is 0 Å². The molecule has 0 bridgehead atoms. The fourth-order valence-corrected chi connectivity index (χ4v) is 1.16. The van der Waals surface area contributed by atoms with E-state index in [0.717, 1.165) is 38.5 Å². The summed E-state index contributed by atoms with van der Waals surface area (Å²) in [7, 11) is 0. The van der Waals surface area contributed by atoms with Gasteiger partial charge in [0.1, 0.15) is 0 Å². The molecule has 0 spiro atoms. The molecule has 0 aliphatic rings. The van der Waals surface area contributed by atoms with Crippen molar-refractivity contribution in [2.45, 2.75) is 65.5 Å². The zero-order chi connectivity index (χ0) is 13.0. The van der Waals surface area contributed by atoms with Crippen molar-refractivity contribution in [2.75, 3.05) is 19.8 Å². The molecule has 0 aliphatic carbocycles. The maximum atomic E-state index is 10.0. The van der Waals surface area contributed by atoms with E-state index in [0.29, 0.717) is 19.8 Å². The molecule has 0 aliphatic heterocycles. The van der Waals surface area contributed by atoms with E-state index in [2.05, 4.69) is 20.8 Å². The van der Waals surface area contributed by atoms with Gasteiger partial charge < -0.3 is 19.3 Å². The molecule has 0 rings (SSSR count). The molecule has 4 nitrogen and oxygen atoms in total. The summed E-state index contributed by atoms with van der Waals surface area (Å²) in [5.74, 6) is 0. The van der Waals surface area contributed by atoms with E-state index in [4.69, 9.17) is 14.2 Å². The summed E-state index contributed by atoms with van der Waals surface area (Å²) < 4.78 is 15.8. The molecule has 18 heavy (non-hydrogen) atoms. The van der Waals surface area contributed by atoms with Crippen LogP contribution in [0.15, 0.2) is 0 Å². The Balaban J connectivity index is 0. The number of unbranched alkanes of at least 4 members (excludes halogenated alkanes) is 3. The van der Waals surface area contributed by atoms with Crippen molar-refractivity contribution in [1.82, 2.24) is 0 Å². The first kappa shape index (κ1) is 20.9. The van der Waals surface area contributed by atoms with Crippen LogP contribution < -0.4 is 0 Å². The summed E-state index contributed by atoms with van der Waals surface area (Å²) in [5.41, 5.74) is 0. The first-order valence-corrected chi connectivity index (χ1v) is 6.82. The normalized spacial score (nSPS) is 11.3. The van der Waals surface area contributed by atoms with Crippen molar-refractivity contribution in [1.29, 1.82) is 0 Å². The van der Waals surface area contributed by atoms with Crippen molar-refractivity contribution < 1.29 is 41.0 Å². The predicted molar refractivity (Wildman–Crippen MR) is 67.5 cm³/mol. The molecule has 0 saturated carbocycles. The summed E-state index contributed by atoms with van der Waals surface area (Å²) >= 11 is 0. The third-order valence-electron chi connectivity index (χ3n) is 2.35. The summed E-state index contributed by atoms with van der Waals surface area (Å²) in [6.45, 7) is 7.55. The van der Waals surface area contributed by atoms with Gasteiger partial charge in [-0.2, -0.15) is 0 Å². The number of hydrogen-bond donors (Lipinski definition) is 1. The Hall–Kier alpha value is 0.554. The summed E-state index contributed by atoms with van der Waals surface area (Å²) in [4.78, 5) is 0. The molecule has 0 heterocycles. The van der Waals surface area contributed by atoms with Gasteiger partial charge in [-0.3, -0.25) is 0 Å². The Bertz CT molecular complexity index is 141. The molecular formula is C13H28O4Ti. The largest absolute Gasteiger partial charge is 0.410 e. The maximum absolute atomic E-state index is 10.0. The Kier molecular flexibility index (Phi) is 16.2. The molecule has 0 aromatic carbocycles. The van der Waals surface area contributed by atoms with Gasteiger partial charge in [-0.05, 0) is 19.3 Å². The first-order valence-electron chi connectivity index (χ1n) is 6.82. The molecule has 1 N–H and O–H groups in total. The van der Waals surface area contributed by atoms with Crippen molar-refractivity contribution in [3.63, 3.8) is 0 Å². The summed E-state index contributed by atoms with van der Waals surface area (Å²) in [6.07, 6.45) is 3.85. The van der Waals surface area contributed by atoms with E-state index < -0.39 is 6.16 Å². The van der Waals surface area contributed by atoms with Crippen molar-refractivity contribution >= 4 is 0 Å². The topological polar surface area (TPSA) is 47.9 Å². The van der Waals surface area contributed by atoms with Crippen LogP contribution in [0.25, 0.3) is 0 Å². The number of rotatable bonds is 12. The Morgan fingerprint density at radius 1 is 0.722 bits per heavy atom. The van der Waals surface area contributed by atoms with Gasteiger partial charge in [0.15, 0.2) is 0 Å². The number of hydrogen-bond acceptors (Lipinski definition) is 4. The minimum atomic E-state index is -1.85. The van der Waals surface area contributed by atoms with Crippen molar-refractivity contribution in [3.05, 3.63) is 0 Å². The monoisotopic (exact) mass is 296 g/mol. The average Bonchev–Trinajstić information content (AvgIpc) is 2.30. The minimum Gasteiger partial charge on any atom is -0.319 e. The van der Waals surface area contributed by atoms with E-state index in [1.807, 2.05) is 0 Å². The molecule has 0 aromatic rings. The van der Waals surface area contributed by atoms with Gasteiger partial charge in [0.25, 0.3) is 0 Å². The van der Waals surface area contributed by atoms with Gasteiger partial charge in [0.2, 0.25) is 0 Å². The summed E-state index contributed by atoms with van der Waals surface area (Å²) in [5, 5.41) is 10.0. The second kappa shape index (κ2) is 14.0. The van der Waals surface area contributed by atoms with Crippen LogP contribution in [0.5, 0.6) is 0 Å². The third-order valence-corrected chi connectivity index (χ3v) is 2.35. The summed E-state index contributed by atoms with van der Waals surface area (Å²) in [6, 6.07) is 0. The van der Waals surface area contributed by atoms with Crippen LogP contribution in [-0.4, -0.2) is 31.1 Å². The van der Waals surface area contributed by atoms with E-state index in [1.54, 1.807) is 0 Å². The smallest absolute Gasteiger partial charge is 0.319 e. The van der Waals surface area contributed by atoms with Crippen LogP contribution in [-0.2, 0) is 35.9 Å². The molecule has 0 amide bonds. The van der Waals surface area contributed by atoms with Crippen molar-refractivity contribution in [3.8, 4) is 0 Å². The number of ether oxygens (including phenoxy) is 3. The Morgan fingerprint density at radius 3 is 1.22 bits per heavy atom. The third kappa shape index (κ3) is 11.6. The van der Waals surface area contributed by atoms with Gasteiger partial charge in [-0.1, -0.05) is 40.0 Å². The van der Waals surface area contributed by atoms with E-state index in [1.165, 1.54) is 0 Å². The van der Waals surface area contributed by atoms with Gasteiger partial charge in [-0.25, -0.2) is 0 Å². The number of aliphatic hydroxyl groups is 1. The van der Waals surface area contributed by atoms with Crippen LogP contribution >= 0.6 is 0 Å². The molecular weight excluding hydrogens is 268 g/mol. The Labute approximate surface area is 126 Å². The zero-order valence-corrected chi connectivity index (χ0v) is 13.6. The second-order valence-electron chi connectivity index (χ2n) is 4.13. The standard InChI is InChI=1S/C13H28O4.Ti/c1-4-7-10-15-13(14,16-11-8-5-2)17-12-9-6-3;/h14H,4-12H2,1-3H3;. The van der Waals surface area contributed by atoms with Gasteiger partial charge in [0, 0.05) is 21.7 Å². The van der Waals surface area contributed by atoms with Gasteiger partial charge in [-0.15, -0.1) is 0 Å². The second-order valence-corrected chi connectivity index (χ2v) is 4.13. The fraction of sp³-hybridized carbons (Fsp3) is 1.00. The zero-order valence-electron chi connectivity index (χ0n) is 12.0. The SMILES string of the molecule is CCCCOC(O)(OCCCC)OCCCC.[Ti]. The van der Waals surface area contributed by atoms with Crippen LogP contribution in [0.3, 0.4) is 0 Å². The molecule has 5 heteroatoms. The molecule has 0 radical (unpaired) electrons. The average molecular weight is 296 g/mol. The fourth-order valence-electron chi connectivity index (χ4n) is 1.16. The van der Waals surface area contributed by atoms with Crippen LogP contribution in [0.2, 0.25) is 0 Å².